The zero-order valence-corrected chi connectivity index (χ0v) is 13.9. The first-order valence-corrected chi connectivity index (χ1v) is 7.46. The fourth-order valence-electron chi connectivity index (χ4n) is 1.99. The molecule has 0 aliphatic rings. The fourth-order valence-corrected chi connectivity index (χ4v) is 1.99. The summed E-state index contributed by atoms with van der Waals surface area (Å²) in [7, 11) is 1.84. The van der Waals surface area contributed by atoms with Crippen LogP contribution in [0.15, 0.2) is 54.9 Å². The number of aromatic nitrogens is 1. The highest BCUT2D eigenvalue weighted by atomic mass is 16.4. The van der Waals surface area contributed by atoms with Gasteiger partial charge >= 0.3 is 0 Å². The molecule has 0 bridgehead atoms. The Bertz CT molecular complexity index is 692. The van der Waals surface area contributed by atoms with Crippen LogP contribution in [-0.4, -0.2) is 40.8 Å². The number of aliphatic carboxylic acids is 2. The third-order valence-electron chi connectivity index (χ3n) is 3.43. The van der Waals surface area contributed by atoms with Crippen molar-refractivity contribution in [1.82, 2.24) is 9.88 Å². The summed E-state index contributed by atoms with van der Waals surface area (Å²) in [5.74, 6) is -4.36. The maximum absolute atomic E-state index is 12.3. The summed E-state index contributed by atoms with van der Waals surface area (Å²) in [6.45, 7) is 2.06. The normalized spacial score (nSPS) is 10.8. The first kappa shape index (κ1) is 19.8. The molecule has 132 valence electrons. The zero-order valence-electron chi connectivity index (χ0n) is 13.9. The monoisotopic (exact) mass is 342 g/mol. The second-order valence-corrected chi connectivity index (χ2v) is 5.27. The van der Waals surface area contributed by atoms with Gasteiger partial charge in [-0.3, -0.25) is 9.78 Å². The lowest BCUT2D eigenvalue weighted by Crippen LogP contribution is -2.42. The lowest BCUT2D eigenvalue weighted by atomic mass is 10.1. The molecule has 2 aromatic rings. The average Bonchev–Trinajstić information content (AvgIpc) is 2.62. The predicted molar refractivity (Wildman–Crippen MR) is 86.0 cm³/mol. The van der Waals surface area contributed by atoms with E-state index in [1.807, 2.05) is 25.2 Å². The van der Waals surface area contributed by atoms with Crippen molar-refractivity contribution in [2.75, 3.05) is 7.05 Å². The van der Waals surface area contributed by atoms with Crippen molar-refractivity contribution in [2.24, 2.45) is 0 Å². The number of amides is 1. The molecule has 0 fully saturated rings. The summed E-state index contributed by atoms with van der Waals surface area (Å²) in [5.41, 5.74) is 1.87. The SMILES string of the molecule is CC(Cc1ccccc1)N(C)C(=O)c1cccnc1.O=C([O-])C(=O)[O-]. The summed E-state index contributed by atoms with van der Waals surface area (Å²) in [6, 6.07) is 13.9. The molecule has 7 nitrogen and oxygen atoms in total. The molecule has 0 N–H and O–H groups in total. The Balaban J connectivity index is 0.000000450. The van der Waals surface area contributed by atoms with Gasteiger partial charge in [-0.05, 0) is 31.0 Å². The first-order chi connectivity index (χ1) is 11.8. The number of hydrogen-bond donors (Lipinski definition) is 0. The third-order valence-corrected chi connectivity index (χ3v) is 3.43. The van der Waals surface area contributed by atoms with Crippen molar-refractivity contribution < 1.29 is 24.6 Å². The van der Waals surface area contributed by atoms with E-state index in [-0.39, 0.29) is 11.9 Å². The molecule has 1 aromatic heterocycles. The molecule has 25 heavy (non-hydrogen) atoms. The highest BCUT2D eigenvalue weighted by Crippen LogP contribution is 2.10. The molecule has 1 amide bonds. The molecule has 0 saturated heterocycles. The molecule has 0 aliphatic carbocycles. The highest BCUT2D eigenvalue weighted by molar-refractivity contribution is 6.25. The molecule has 0 radical (unpaired) electrons. The molecule has 1 aromatic carbocycles. The van der Waals surface area contributed by atoms with Gasteiger partial charge < -0.3 is 24.7 Å². The van der Waals surface area contributed by atoms with Crippen LogP contribution in [0.2, 0.25) is 0 Å². The third kappa shape index (κ3) is 6.82. The van der Waals surface area contributed by atoms with Gasteiger partial charge in [0.25, 0.3) is 5.91 Å². The summed E-state index contributed by atoms with van der Waals surface area (Å²) in [6.07, 6.45) is 4.13. The van der Waals surface area contributed by atoms with Crippen molar-refractivity contribution >= 4 is 17.8 Å². The molecule has 1 heterocycles. The van der Waals surface area contributed by atoms with Crippen LogP contribution in [0.1, 0.15) is 22.8 Å². The zero-order chi connectivity index (χ0) is 18.8. The Hall–Kier alpha value is -3.22. The van der Waals surface area contributed by atoms with Crippen molar-refractivity contribution in [3.8, 4) is 0 Å². The van der Waals surface area contributed by atoms with Crippen LogP contribution in [0.4, 0.5) is 0 Å². The van der Waals surface area contributed by atoms with Crippen LogP contribution >= 0.6 is 0 Å². The summed E-state index contributed by atoms with van der Waals surface area (Å²) in [4.78, 5) is 35.9. The molecule has 2 rings (SSSR count). The molecule has 1 atom stereocenters. The number of pyridine rings is 1. The van der Waals surface area contributed by atoms with Gasteiger partial charge in [0.1, 0.15) is 0 Å². The van der Waals surface area contributed by atoms with Gasteiger partial charge in [0.05, 0.1) is 17.5 Å². The highest BCUT2D eigenvalue weighted by Gasteiger charge is 2.17. The minimum atomic E-state index is -2.19. The van der Waals surface area contributed by atoms with Gasteiger partial charge in [0, 0.05) is 25.5 Å². The number of hydrogen-bond acceptors (Lipinski definition) is 6. The van der Waals surface area contributed by atoms with E-state index in [1.54, 1.807) is 29.4 Å². The van der Waals surface area contributed by atoms with E-state index >= 15 is 0 Å². The van der Waals surface area contributed by atoms with Crippen LogP contribution in [0.25, 0.3) is 0 Å². The Morgan fingerprint density at radius 1 is 1.04 bits per heavy atom. The van der Waals surface area contributed by atoms with Crippen LogP contribution in [0, 0.1) is 0 Å². The van der Waals surface area contributed by atoms with E-state index in [2.05, 4.69) is 24.0 Å². The van der Waals surface area contributed by atoms with Crippen LogP contribution < -0.4 is 10.2 Å². The van der Waals surface area contributed by atoms with E-state index in [1.165, 1.54) is 5.56 Å². The fraction of sp³-hybridized carbons (Fsp3) is 0.222. The minimum Gasteiger partial charge on any atom is -0.543 e. The molecular formula is C18H18N2O5-2. The number of carboxylic acid groups (broad SMARTS) is 2. The van der Waals surface area contributed by atoms with Crippen LogP contribution in [0.3, 0.4) is 0 Å². The lowest BCUT2D eigenvalue weighted by Gasteiger charge is -2.25. The van der Waals surface area contributed by atoms with Crippen molar-refractivity contribution in [3.05, 3.63) is 66.0 Å². The number of carbonyl (C=O) groups is 3. The van der Waals surface area contributed by atoms with Gasteiger partial charge in [0.2, 0.25) is 0 Å². The molecular weight excluding hydrogens is 324 g/mol. The van der Waals surface area contributed by atoms with Gasteiger partial charge in [-0.1, -0.05) is 30.3 Å². The van der Waals surface area contributed by atoms with Gasteiger partial charge in [-0.15, -0.1) is 0 Å². The second-order valence-electron chi connectivity index (χ2n) is 5.27. The quantitative estimate of drug-likeness (QED) is 0.677. The van der Waals surface area contributed by atoms with E-state index in [9.17, 15) is 4.79 Å². The maximum atomic E-state index is 12.3. The Morgan fingerprint density at radius 2 is 1.64 bits per heavy atom. The number of carbonyl (C=O) groups excluding carboxylic acids is 3. The Morgan fingerprint density at radius 3 is 2.12 bits per heavy atom. The van der Waals surface area contributed by atoms with Crippen LogP contribution in [-0.2, 0) is 16.0 Å². The molecule has 7 heteroatoms. The predicted octanol–water partition coefficient (Wildman–Crippen LogP) is -0.729. The summed E-state index contributed by atoms with van der Waals surface area (Å²) < 4.78 is 0. The van der Waals surface area contributed by atoms with Gasteiger partial charge in [-0.2, -0.15) is 0 Å². The first-order valence-electron chi connectivity index (χ1n) is 7.46. The smallest absolute Gasteiger partial charge is 0.255 e. The molecule has 0 saturated carbocycles. The summed E-state index contributed by atoms with van der Waals surface area (Å²) >= 11 is 0. The Kier molecular flexibility index (Phi) is 7.78. The van der Waals surface area contributed by atoms with Crippen molar-refractivity contribution in [2.45, 2.75) is 19.4 Å². The number of rotatable bonds is 4. The standard InChI is InChI=1S/C16H18N2O.C2H2O4/c1-13(11-14-7-4-3-5-8-14)18(2)16(19)15-9-6-10-17-12-15;3-1(4)2(5)6/h3-10,12-13H,11H2,1-2H3;(H,3,4)(H,5,6)/p-2. The topological polar surface area (TPSA) is 113 Å². The van der Waals surface area contributed by atoms with E-state index in [0.29, 0.717) is 5.56 Å². The lowest BCUT2D eigenvalue weighted by molar-refractivity contribution is -0.345. The van der Waals surface area contributed by atoms with E-state index in [0.717, 1.165) is 6.42 Å². The summed E-state index contributed by atoms with van der Waals surface area (Å²) in [5, 5.41) is 17.9. The maximum Gasteiger partial charge on any atom is 0.255 e. The van der Waals surface area contributed by atoms with Gasteiger partial charge in [0.15, 0.2) is 0 Å². The van der Waals surface area contributed by atoms with Gasteiger partial charge in [-0.25, -0.2) is 0 Å². The average molecular weight is 342 g/mol. The number of likely N-dealkylation sites (N-methyl/N-ethyl adjacent to an activating group) is 1. The molecule has 0 spiro atoms. The number of benzene rings is 1. The van der Waals surface area contributed by atoms with Crippen molar-refractivity contribution in [1.29, 1.82) is 0 Å². The minimum absolute atomic E-state index is 0.0107. The number of nitrogens with zero attached hydrogens (tertiary/aromatic N) is 2. The Labute approximate surface area is 145 Å². The van der Waals surface area contributed by atoms with Crippen LogP contribution in [0.5, 0.6) is 0 Å². The second kappa shape index (κ2) is 9.82. The molecule has 1 unspecified atom stereocenters. The van der Waals surface area contributed by atoms with E-state index < -0.39 is 11.9 Å². The molecule has 0 aliphatic heterocycles. The van der Waals surface area contributed by atoms with E-state index in [4.69, 9.17) is 19.8 Å². The van der Waals surface area contributed by atoms with Crippen molar-refractivity contribution in [3.63, 3.8) is 0 Å². The number of carboxylic acids is 2. The largest absolute Gasteiger partial charge is 0.543 e.